The monoisotopic (exact) mass is 239 g/mol. The Hall–Kier alpha value is -0.480. The first-order valence-electron chi connectivity index (χ1n) is 6.06. The van der Waals surface area contributed by atoms with Crippen molar-refractivity contribution < 1.29 is 0 Å². The molecule has 1 aromatic rings. The molecule has 1 atom stereocenters. The minimum atomic E-state index is 0.405. The molecule has 90 valence electrons. The Morgan fingerprint density at radius 2 is 2.31 bits per heavy atom. The fourth-order valence-corrected chi connectivity index (χ4v) is 3.41. The number of aromatic nitrogens is 2. The lowest BCUT2D eigenvalue weighted by Gasteiger charge is -2.23. The van der Waals surface area contributed by atoms with Crippen LogP contribution in [0.4, 0.5) is 0 Å². The summed E-state index contributed by atoms with van der Waals surface area (Å²) in [7, 11) is 2.00. The fraction of sp³-hybridized carbons (Fsp3) is 0.750. The van der Waals surface area contributed by atoms with Gasteiger partial charge in [-0.05, 0) is 49.8 Å². The minimum absolute atomic E-state index is 0.405. The van der Waals surface area contributed by atoms with Crippen LogP contribution >= 0.6 is 11.8 Å². The molecule has 1 aliphatic heterocycles. The molecule has 1 aromatic heterocycles. The third-order valence-electron chi connectivity index (χ3n) is 3.36. The standard InChI is InChI=1S/C12H21N3S/c1-10(12-3-6-14-15(12)2)13-9-11-4-7-16-8-5-11/h3,6,10-11,13H,4-5,7-9H2,1-2H3. The van der Waals surface area contributed by atoms with E-state index in [1.165, 1.54) is 30.0 Å². The first-order valence-corrected chi connectivity index (χ1v) is 7.22. The summed E-state index contributed by atoms with van der Waals surface area (Å²) in [5, 5.41) is 7.83. The van der Waals surface area contributed by atoms with E-state index in [1.807, 2.05) is 17.9 Å². The lowest BCUT2D eigenvalue weighted by atomic mass is 10.0. The van der Waals surface area contributed by atoms with Gasteiger partial charge in [-0.3, -0.25) is 4.68 Å². The summed E-state index contributed by atoms with van der Waals surface area (Å²) in [5.41, 5.74) is 1.27. The highest BCUT2D eigenvalue weighted by atomic mass is 32.2. The van der Waals surface area contributed by atoms with Crippen molar-refractivity contribution in [3.8, 4) is 0 Å². The number of hydrogen-bond donors (Lipinski definition) is 1. The van der Waals surface area contributed by atoms with Gasteiger partial charge in [0.05, 0.1) is 5.69 Å². The molecule has 0 spiro atoms. The van der Waals surface area contributed by atoms with Crippen molar-refractivity contribution in [3.05, 3.63) is 18.0 Å². The molecule has 2 rings (SSSR count). The van der Waals surface area contributed by atoms with Crippen LogP contribution in [0.2, 0.25) is 0 Å². The Kier molecular flexibility index (Phi) is 4.29. The van der Waals surface area contributed by atoms with E-state index in [1.54, 1.807) is 0 Å². The number of hydrogen-bond acceptors (Lipinski definition) is 3. The van der Waals surface area contributed by atoms with Crippen LogP contribution in [0.25, 0.3) is 0 Å². The maximum Gasteiger partial charge on any atom is 0.0547 e. The van der Waals surface area contributed by atoms with Crippen molar-refractivity contribution in [2.45, 2.75) is 25.8 Å². The first kappa shape index (κ1) is 12.0. The zero-order valence-electron chi connectivity index (χ0n) is 10.1. The van der Waals surface area contributed by atoms with Crippen LogP contribution < -0.4 is 5.32 Å². The summed E-state index contributed by atoms with van der Waals surface area (Å²) < 4.78 is 1.95. The van der Waals surface area contributed by atoms with Gasteiger partial charge in [0.15, 0.2) is 0 Å². The zero-order valence-corrected chi connectivity index (χ0v) is 11.0. The summed E-state index contributed by atoms with van der Waals surface area (Å²) in [6.45, 7) is 3.36. The normalized spacial score (nSPS) is 19.9. The van der Waals surface area contributed by atoms with E-state index in [0.29, 0.717) is 6.04 Å². The van der Waals surface area contributed by atoms with E-state index < -0.39 is 0 Å². The van der Waals surface area contributed by atoms with Crippen LogP contribution in [0.5, 0.6) is 0 Å². The molecule has 16 heavy (non-hydrogen) atoms. The van der Waals surface area contributed by atoms with Gasteiger partial charge < -0.3 is 5.32 Å². The summed E-state index contributed by atoms with van der Waals surface area (Å²) in [6.07, 6.45) is 4.61. The molecule has 0 saturated carbocycles. The van der Waals surface area contributed by atoms with Gasteiger partial charge >= 0.3 is 0 Å². The lowest BCUT2D eigenvalue weighted by molar-refractivity contribution is 0.412. The lowest BCUT2D eigenvalue weighted by Crippen LogP contribution is -2.28. The highest BCUT2D eigenvalue weighted by Gasteiger charge is 2.15. The molecular formula is C12H21N3S. The van der Waals surface area contributed by atoms with Crippen LogP contribution in [0.1, 0.15) is 31.5 Å². The average Bonchev–Trinajstić information content (AvgIpc) is 2.74. The second-order valence-electron chi connectivity index (χ2n) is 4.57. The number of nitrogens with one attached hydrogen (secondary N) is 1. The van der Waals surface area contributed by atoms with Gasteiger partial charge in [0, 0.05) is 19.3 Å². The Morgan fingerprint density at radius 1 is 1.56 bits per heavy atom. The van der Waals surface area contributed by atoms with Gasteiger partial charge in [-0.15, -0.1) is 0 Å². The molecule has 4 heteroatoms. The van der Waals surface area contributed by atoms with Crippen molar-refractivity contribution in [2.24, 2.45) is 13.0 Å². The van der Waals surface area contributed by atoms with Gasteiger partial charge in [0.2, 0.25) is 0 Å². The van der Waals surface area contributed by atoms with E-state index in [0.717, 1.165) is 12.5 Å². The second-order valence-corrected chi connectivity index (χ2v) is 5.79. The van der Waals surface area contributed by atoms with Crippen LogP contribution in [0.3, 0.4) is 0 Å². The molecule has 0 radical (unpaired) electrons. The minimum Gasteiger partial charge on any atom is -0.309 e. The molecule has 0 amide bonds. The van der Waals surface area contributed by atoms with Crippen LogP contribution in [0.15, 0.2) is 12.3 Å². The van der Waals surface area contributed by atoms with Gasteiger partial charge in [0.1, 0.15) is 0 Å². The highest BCUT2D eigenvalue weighted by molar-refractivity contribution is 7.99. The molecule has 1 unspecified atom stereocenters. The number of nitrogens with zero attached hydrogens (tertiary/aromatic N) is 2. The molecule has 2 heterocycles. The second kappa shape index (κ2) is 5.73. The Bertz CT molecular complexity index is 318. The Labute approximate surface area is 102 Å². The molecular weight excluding hydrogens is 218 g/mol. The number of thioether (sulfide) groups is 1. The first-order chi connectivity index (χ1) is 7.77. The topological polar surface area (TPSA) is 29.9 Å². The van der Waals surface area contributed by atoms with E-state index in [4.69, 9.17) is 0 Å². The van der Waals surface area contributed by atoms with Gasteiger partial charge in [-0.2, -0.15) is 16.9 Å². The molecule has 3 nitrogen and oxygen atoms in total. The largest absolute Gasteiger partial charge is 0.309 e. The summed E-state index contributed by atoms with van der Waals surface area (Å²) >= 11 is 2.09. The summed E-state index contributed by atoms with van der Waals surface area (Å²) in [5.74, 6) is 3.55. The Morgan fingerprint density at radius 3 is 2.94 bits per heavy atom. The predicted octanol–water partition coefficient (Wildman–Crippen LogP) is 2.21. The van der Waals surface area contributed by atoms with E-state index >= 15 is 0 Å². The van der Waals surface area contributed by atoms with E-state index in [-0.39, 0.29) is 0 Å². The van der Waals surface area contributed by atoms with Crippen molar-refractivity contribution in [1.29, 1.82) is 0 Å². The van der Waals surface area contributed by atoms with Crippen LogP contribution in [-0.2, 0) is 7.05 Å². The maximum atomic E-state index is 4.21. The molecule has 0 bridgehead atoms. The third-order valence-corrected chi connectivity index (χ3v) is 4.40. The van der Waals surface area contributed by atoms with E-state index in [9.17, 15) is 0 Å². The molecule has 1 N–H and O–H groups in total. The average molecular weight is 239 g/mol. The van der Waals surface area contributed by atoms with Crippen molar-refractivity contribution in [3.63, 3.8) is 0 Å². The molecule has 1 saturated heterocycles. The smallest absolute Gasteiger partial charge is 0.0547 e. The number of aryl methyl sites for hydroxylation is 1. The van der Waals surface area contributed by atoms with Crippen LogP contribution in [-0.4, -0.2) is 27.8 Å². The highest BCUT2D eigenvalue weighted by Crippen LogP contribution is 2.22. The van der Waals surface area contributed by atoms with Crippen LogP contribution in [0, 0.1) is 5.92 Å². The third kappa shape index (κ3) is 3.01. The molecule has 1 fully saturated rings. The Balaban J connectivity index is 1.79. The summed E-state index contributed by atoms with van der Waals surface area (Å²) in [4.78, 5) is 0. The predicted molar refractivity (Wildman–Crippen MR) is 69.7 cm³/mol. The van der Waals surface area contributed by atoms with Crippen molar-refractivity contribution in [1.82, 2.24) is 15.1 Å². The number of rotatable bonds is 4. The zero-order chi connectivity index (χ0) is 11.4. The fourth-order valence-electron chi connectivity index (χ4n) is 2.21. The molecule has 1 aliphatic rings. The van der Waals surface area contributed by atoms with Gasteiger partial charge in [0.25, 0.3) is 0 Å². The molecule has 0 aliphatic carbocycles. The SMILES string of the molecule is CC(NCC1CCSCC1)c1ccnn1C. The van der Waals surface area contributed by atoms with E-state index in [2.05, 4.69) is 35.2 Å². The maximum absolute atomic E-state index is 4.21. The van der Waals surface area contributed by atoms with Gasteiger partial charge in [-0.25, -0.2) is 0 Å². The summed E-state index contributed by atoms with van der Waals surface area (Å²) in [6, 6.07) is 2.50. The van der Waals surface area contributed by atoms with Gasteiger partial charge in [-0.1, -0.05) is 0 Å². The van der Waals surface area contributed by atoms with Crippen molar-refractivity contribution >= 4 is 11.8 Å². The molecule has 0 aromatic carbocycles. The quantitative estimate of drug-likeness (QED) is 0.873. The van der Waals surface area contributed by atoms with Crippen molar-refractivity contribution in [2.75, 3.05) is 18.1 Å².